The summed E-state index contributed by atoms with van der Waals surface area (Å²) in [7, 11) is 0. The van der Waals surface area contributed by atoms with Gasteiger partial charge >= 0.3 is 12.2 Å². The van der Waals surface area contributed by atoms with E-state index in [-0.39, 0.29) is 17.6 Å². The number of halogens is 5. The summed E-state index contributed by atoms with van der Waals surface area (Å²) in [6.45, 7) is -1.34. The molecule has 4 nitrogen and oxygen atoms in total. The van der Waals surface area contributed by atoms with E-state index in [1.54, 1.807) is 48.5 Å². The lowest BCUT2D eigenvalue weighted by Crippen LogP contribution is -2.53. The fraction of sp³-hybridized carbons (Fsp3) is 0.222. The van der Waals surface area contributed by atoms with Crippen molar-refractivity contribution < 1.29 is 18.0 Å². The van der Waals surface area contributed by atoms with E-state index in [2.05, 4.69) is 4.99 Å². The monoisotopic (exact) mass is 447 g/mol. The number of urea groups is 1. The van der Waals surface area contributed by atoms with E-state index in [1.807, 2.05) is 0 Å². The van der Waals surface area contributed by atoms with Gasteiger partial charge in [-0.1, -0.05) is 59.2 Å². The number of alkyl halides is 3. The first-order valence-electron chi connectivity index (χ1n) is 8.06. The molecule has 1 saturated heterocycles. The van der Waals surface area contributed by atoms with E-state index < -0.39 is 18.8 Å². The molecule has 2 aromatic carbocycles. The summed E-state index contributed by atoms with van der Waals surface area (Å²) in [6.07, 6.45) is -4.56. The summed E-state index contributed by atoms with van der Waals surface area (Å²) in [5.41, 5.74) is 1.20. The molecule has 1 fully saturated rings. The van der Waals surface area contributed by atoms with E-state index in [0.717, 1.165) is 11.8 Å². The second-order valence-electron chi connectivity index (χ2n) is 5.87. The van der Waals surface area contributed by atoms with Crippen LogP contribution in [0.5, 0.6) is 0 Å². The zero-order valence-electron chi connectivity index (χ0n) is 14.3. The van der Waals surface area contributed by atoms with Crippen LogP contribution in [0.25, 0.3) is 0 Å². The largest absolute Gasteiger partial charge is 0.406 e. The van der Waals surface area contributed by atoms with Gasteiger partial charge in [0.25, 0.3) is 0 Å². The number of nitrogens with zero attached hydrogens (tertiary/aromatic N) is 3. The number of amidine groups is 1. The average molecular weight is 448 g/mol. The van der Waals surface area contributed by atoms with Crippen LogP contribution in [0.15, 0.2) is 53.5 Å². The van der Waals surface area contributed by atoms with Gasteiger partial charge in [-0.2, -0.15) is 13.2 Å². The molecule has 1 aliphatic rings. The molecular weight excluding hydrogens is 434 g/mol. The number of anilines is 1. The number of para-hydroxylation sites is 1. The Labute approximate surface area is 173 Å². The van der Waals surface area contributed by atoms with Crippen LogP contribution < -0.4 is 4.90 Å². The van der Waals surface area contributed by atoms with E-state index >= 15 is 0 Å². The van der Waals surface area contributed by atoms with Crippen molar-refractivity contribution in [3.63, 3.8) is 0 Å². The lowest BCUT2D eigenvalue weighted by Gasteiger charge is -2.36. The molecule has 28 heavy (non-hydrogen) atoms. The normalized spacial score (nSPS) is 16.8. The molecule has 0 atom stereocenters. The fourth-order valence-electron chi connectivity index (χ4n) is 2.52. The number of hydrogen-bond donors (Lipinski definition) is 0. The van der Waals surface area contributed by atoms with Crippen LogP contribution in [-0.4, -0.2) is 34.7 Å². The smallest absolute Gasteiger partial charge is 0.284 e. The molecule has 2 aromatic rings. The van der Waals surface area contributed by atoms with Gasteiger partial charge in [0, 0.05) is 5.69 Å². The van der Waals surface area contributed by atoms with Crippen LogP contribution in [0.3, 0.4) is 0 Å². The number of carbonyl (C=O) groups excluding carboxylic acids is 1. The van der Waals surface area contributed by atoms with Gasteiger partial charge in [0.2, 0.25) is 0 Å². The highest BCUT2D eigenvalue weighted by Crippen LogP contribution is 2.30. The molecule has 148 valence electrons. The molecule has 0 N–H and O–H groups in total. The molecule has 0 bridgehead atoms. The molecule has 0 radical (unpaired) electrons. The lowest BCUT2D eigenvalue weighted by molar-refractivity contribution is -0.133. The van der Waals surface area contributed by atoms with Gasteiger partial charge < -0.3 is 0 Å². The highest BCUT2D eigenvalue weighted by atomic mass is 35.5. The molecule has 1 heterocycles. The molecule has 2 amide bonds. The maximum absolute atomic E-state index is 13.1. The Morgan fingerprint density at radius 3 is 2.43 bits per heavy atom. The van der Waals surface area contributed by atoms with Gasteiger partial charge in [0.05, 0.1) is 22.5 Å². The number of hydrogen-bond acceptors (Lipinski definition) is 3. The number of benzene rings is 2. The molecule has 3 rings (SSSR count). The van der Waals surface area contributed by atoms with Gasteiger partial charge in [-0.15, -0.1) is 0 Å². The minimum absolute atomic E-state index is 0.0144. The molecule has 10 heteroatoms. The Bertz CT molecular complexity index is 893. The Morgan fingerprint density at radius 2 is 1.79 bits per heavy atom. The van der Waals surface area contributed by atoms with E-state index in [1.165, 1.54) is 4.90 Å². The molecule has 0 saturated carbocycles. The Hall–Kier alpha value is -1.90. The quantitative estimate of drug-likeness (QED) is 0.572. The summed E-state index contributed by atoms with van der Waals surface area (Å²) in [5.74, 6) is 0.164. The molecular formula is C18H14Cl2F3N3OS. The number of rotatable bonds is 4. The summed E-state index contributed by atoms with van der Waals surface area (Å²) in [6, 6.07) is 12.6. The van der Waals surface area contributed by atoms with Crippen molar-refractivity contribution in [2.24, 2.45) is 4.99 Å². The molecule has 0 aliphatic carbocycles. The van der Waals surface area contributed by atoms with Crippen molar-refractivity contribution in [2.45, 2.75) is 12.7 Å². The van der Waals surface area contributed by atoms with Gasteiger partial charge in [-0.05, 0) is 29.8 Å². The fourth-order valence-corrected chi connectivity index (χ4v) is 3.80. The zero-order valence-corrected chi connectivity index (χ0v) is 16.6. The van der Waals surface area contributed by atoms with Crippen molar-refractivity contribution >= 4 is 51.8 Å². The van der Waals surface area contributed by atoms with Gasteiger partial charge in [0.15, 0.2) is 5.17 Å². The average Bonchev–Trinajstić information content (AvgIpc) is 2.65. The minimum Gasteiger partial charge on any atom is -0.284 e. The Balaban J connectivity index is 1.85. The first-order chi connectivity index (χ1) is 13.2. The second kappa shape index (κ2) is 8.63. The molecule has 1 aliphatic heterocycles. The van der Waals surface area contributed by atoms with Crippen molar-refractivity contribution in [3.8, 4) is 0 Å². The highest BCUT2D eigenvalue weighted by molar-refractivity contribution is 8.14. The van der Waals surface area contributed by atoms with Gasteiger partial charge in [-0.25, -0.2) is 4.79 Å². The molecule has 0 spiro atoms. The van der Waals surface area contributed by atoms with Crippen LogP contribution in [0.2, 0.25) is 10.0 Å². The maximum atomic E-state index is 13.1. The standard InChI is InChI=1S/C18H14Cl2F3N3OS/c19-14-7-6-12(8-15(14)20)9-24-16-25(10-18(21,22)23)17(27)26(11-28-16)13-4-2-1-3-5-13/h1-8H,9-11H2. The van der Waals surface area contributed by atoms with Crippen molar-refractivity contribution in [1.29, 1.82) is 0 Å². The van der Waals surface area contributed by atoms with Crippen molar-refractivity contribution in [3.05, 3.63) is 64.1 Å². The van der Waals surface area contributed by atoms with E-state index in [9.17, 15) is 18.0 Å². The first-order valence-corrected chi connectivity index (χ1v) is 9.81. The Kier molecular flexibility index (Phi) is 6.42. The maximum Gasteiger partial charge on any atom is 0.406 e. The highest BCUT2D eigenvalue weighted by Gasteiger charge is 2.40. The van der Waals surface area contributed by atoms with Gasteiger partial charge in [0.1, 0.15) is 6.54 Å². The zero-order chi connectivity index (χ0) is 20.3. The SMILES string of the molecule is O=C1N(CC(F)(F)F)C(=NCc2ccc(Cl)c(Cl)c2)SCN1c1ccccc1. The van der Waals surface area contributed by atoms with Crippen molar-refractivity contribution in [1.82, 2.24) is 4.90 Å². The van der Waals surface area contributed by atoms with Gasteiger partial charge in [-0.3, -0.25) is 14.8 Å². The van der Waals surface area contributed by atoms with Crippen LogP contribution in [-0.2, 0) is 6.54 Å². The molecule has 0 aromatic heterocycles. The minimum atomic E-state index is -4.56. The third kappa shape index (κ3) is 5.12. The third-order valence-corrected chi connectivity index (χ3v) is 5.54. The van der Waals surface area contributed by atoms with Crippen LogP contribution in [0, 0.1) is 0 Å². The summed E-state index contributed by atoms with van der Waals surface area (Å²) in [5, 5.41) is 0.715. The first kappa shape index (κ1) is 20.8. The Morgan fingerprint density at radius 1 is 1.07 bits per heavy atom. The number of carbonyl (C=O) groups is 1. The third-order valence-electron chi connectivity index (χ3n) is 3.80. The van der Waals surface area contributed by atoms with Crippen LogP contribution >= 0.6 is 35.0 Å². The summed E-state index contributed by atoms with van der Waals surface area (Å²) in [4.78, 5) is 18.9. The van der Waals surface area contributed by atoms with E-state index in [0.29, 0.717) is 26.2 Å². The van der Waals surface area contributed by atoms with Crippen LogP contribution in [0.4, 0.5) is 23.7 Å². The number of aliphatic imine (C=N–C) groups is 1. The topological polar surface area (TPSA) is 35.9 Å². The number of thioether (sulfide) groups is 1. The predicted octanol–water partition coefficient (Wildman–Crippen LogP) is 6.04. The second-order valence-corrected chi connectivity index (χ2v) is 7.59. The van der Waals surface area contributed by atoms with Crippen LogP contribution in [0.1, 0.15) is 5.56 Å². The summed E-state index contributed by atoms with van der Waals surface area (Å²) >= 11 is 12.9. The number of amides is 2. The molecule has 0 unspecified atom stereocenters. The lowest BCUT2D eigenvalue weighted by atomic mass is 10.2. The van der Waals surface area contributed by atoms with E-state index in [4.69, 9.17) is 23.2 Å². The summed E-state index contributed by atoms with van der Waals surface area (Å²) < 4.78 is 39.2. The predicted molar refractivity (Wildman–Crippen MR) is 107 cm³/mol. The van der Waals surface area contributed by atoms with Crippen molar-refractivity contribution in [2.75, 3.05) is 17.3 Å².